The van der Waals surface area contributed by atoms with Gasteiger partial charge in [0.15, 0.2) is 4.34 Å². The number of aromatic nitrogens is 2. The molecule has 0 radical (unpaired) electrons. The minimum absolute atomic E-state index is 0.313. The third-order valence-corrected chi connectivity index (χ3v) is 4.77. The molecule has 2 aromatic rings. The van der Waals surface area contributed by atoms with E-state index in [0.29, 0.717) is 11.7 Å². The van der Waals surface area contributed by atoms with Gasteiger partial charge < -0.3 is 15.8 Å². The highest BCUT2D eigenvalue weighted by molar-refractivity contribution is 8.02. The van der Waals surface area contributed by atoms with Crippen molar-refractivity contribution in [3.63, 3.8) is 0 Å². The number of hydrogen-bond acceptors (Lipinski definition) is 7. The number of benzene rings is 1. The van der Waals surface area contributed by atoms with E-state index in [4.69, 9.17) is 10.5 Å². The summed E-state index contributed by atoms with van der Waals surface area (Å²) in [6.45, 7) is 2.40. The van der Waals surface area contributed by atoms with Crippen LogP contribution in [0.2, 0.25) is 0 Å². The van der Waals surface area contributed by atoms with Crippen LogP contribution in [-0.4, -0.2) is 28.5 Å². The van der Waals surface area contributed by atoms with Gasteiger partial charge in [-0.3, -0.25) is 4.79 Å². The van der Waals surface area contributed by atoms with Crippen molar-refractivity contribution in [2.75, 3.05) is 12.4 Å². The molecule has 2 rings (SSSR count). The topological polar surface area (TPSA) is 90.1 Å². The molecule has 112 valence electrons. The number of amides is 1. The fourth-order valence-electron chi connectivity index (χ4n) is 1.46. The number of ether oxygens (including phenoxy) is 1. The van der Waals surface area contributed by atoms with E-state index in [9.17, 15) is 4.79 Å². The zero-order valence-corrected chi connectivity index (χ0v) is 13.3. The van der Waals surface area contributed by atoms with E-state index in [1.54, 1.807) is 14.0 Å². The average molecular weight is 324 g/mol. The van der Waals surface area contributed by atoms with Gasteiger partial charge in [0.25, 0.3) is 0 Å². The van der Waals surface area contributed by atoms with Gasteiger partial charge in [-0.25, -0.2) is 0 Å². The van der Waals surface area contributed by atoms with Crippen LogP contribution in [0.4, 0.5) is 5.13 Å². The first-order valence-electron chi connectivity index (χ1n) is 6.24. The first kappa shape index (κ1) is 15.6. The van der Waals surface area contributed by atoms with Crippen LogP contribution in [0.1, 0.15) is 12.5 Å². The Kier molecular flexibility index (Phi) is 5.40. The van der Waals surface area contributed by atoms with Crippen LogP contribution < -0.4 is 15.8 Å². The summed E-state index contributed by atoms with van der Waals surface area (Å²) in [5, 5.41) is 11.7. The molecule has 0 fully saturated rings. The Labute approximate surface area is 131 Å². The summed E-state index contributed by atoms with van der Waals surface area (Å²) >= 11 is 2.72. The second-order valence-corrected chi connectivity index (χ2v) is 6.80. The summed E-state index contributed by atoms with van der Waals surface area (Å²) in [5.74, 6) is 0.469. The van der Waals surface area contributed by atoms with Crippen LogP contribution in [0, 0.1) is 0 Å². The summed E-state index contributed by atoms with van der Waals surface area (Å²) in [6.07, 6.45) is 0. The molecule has 0 bridgehead atoms. The SMILES string of the molecule is COc1ccc(CNc2nnc(S[C@H](C)C(N)=O)s2)cc1. The van der Waals surface area contributed by atoms with E-state index in [-0.39, 0.29) is 11.2 Å². The lowest BCUT2D eigenvalue weighted by Crippen LogP contribution is -2.22. The van der Waals surface area contributed by atoms with Crippen molar-refractivity contribution in [2.45, 2.75) is 23.1 Å². The van der Waals surface area contributed by atoms with E-state index in [1.807, 2.05) is 24.3 Å². The Morgan fingerprint density at radius 3 is 2.76 bits per heavy atom. The molecule has 1 aromatic heterocycles. The van der Waals surface area contributed by atoms with Gasteiger partial charge in [-0.2, -0.15) is 0 Å². The number of methoxy groups -OCH3 is 1. The van der Waals surface area contributed by atoms with Crippen molar-refractivity contribution in [1.82, 2.24) is 10.2 Å². The van der Waals surface area contributed by atoms with Crippen LogP contribution in [0.15, 0.2) is 28.6 Å². The second kappa shape index (κ2) is 7.28. The van der Waals surface area contributed by atoms with Crippen LogP contribution in [-0.2, 0) is 11.3 Å². The third-order valence-electron chi connectivity index (χ3n) is 2.69. The fourth-order valence-corrected chi connectivity index (χ4v) is 3.30. The number of carbonyl (C=O) groups is 1. The van der Waals surface area contributed by atoms with Gasteiger partial charge in [0.1, 0.15) is 5.75 Å². The molecule has 0 spiro atoms. The van der Waals surface area contributed by atoms with Crippen molar-refractivity contribution in [3.8, 4) is 5.75 Å². The van der Waals surface area contributed by atoms with Crippen LogP contribution >= 0.6 is 23.1 Å². The first-order valence-corrected chi connectivity index (χ1v) is 7.94. The van der Waals surface area contributed by atoms with Gasteiger partial charge in [0, 0.05) is 6.54 Å². The Morgan fingerprint density at radius 1 is 1.43 bits per heavy atom. The molecule has 0 unspecified atom stereocenters. The first-order chi connectivity index (χ1) is 10.1. The number of nitrogens with one attached hydrogen (secondary N) is 1. The molecule has 0 aliphatic rings. The second-order valence-electron chi connectivity index (χ2n) is 4.24. The third kappa shape index (κ3) is 4.61. The van der Waals surface area contributed by atoms with Gasteiger partial charge >= 0.3 is 0 Å². The molecule has 6 nitrogen and oxygen atoms in total. The van der Waals surface area contributed by atoms with Crippen molar-refractivity contribution in [1.29, 1.82) is 0 Å². The van der Waals surface area contributed by atoms with Crippen molar-refractivity contribution in [3.05, 3.63) is 29.8 Å². The van der Waals surface area contributed by atoms with Crippen molar-refractivity contribution in [2.24, 2.45) is 5.73 Å². The number of anilines is 1. The number of rotatable bonds is 7. The van der Waals surface area contributed by atoms with E-state index in [0.717, 1.165) is 15.7 Å². The molecular weight excluding hydrogens is 308 g/mol. The van der Waals surface area contributed by atoms with E-state index in [2.05, 4.69) is 15.5 Å². The number of nitrogens with zero attached hydrogens (tertiary/aromatic N) is 2. The molecule has 8 heteroatoms. The summed E-state index contributed by atoms with van der Waals surface area (Å²) in [6, 6.07) is 7.79. The molecule has 21 heavy (non-hydrogen) atoms. The van der Waals surface area contributed by atoms with Gasteiger partial charge in [-0.1, -0.05) is 35.2 Å². The number of hydrogen-bond donors (Lipinski definition) is 2. The predicted octanol–water partition coefficient (Wildman–Crippen LogP) is 2.12. The molecule has 0 saturated carbocycles. The summed E-state index contributed by atoms with van der Waals surface area (Å²) in [5.41, 5.74) is 6.34. The molecule has 3 N–H and O–H groups in total. The maximum Gasteiger partial charge on any atom is 0.230 e. The average Bonchev–Trinajstić information content (AvgIpc) is 2.93. The summed E-state index contributed by atoms with van der Waals surface area (Å²) in [7, 11) is 1.64. The maximum atomic E-state index is 11.0. The van der Waals surface area contributed by atoms with Gasteiger partial charge in [-0.05, 0) is 24.6 Å². The van der Waals surface area contributed by atoms with E-state index < -0.39 is 0 Å². The lowest BCUT2D eigenvalue weighted by Gasteiger charge is -2.04. The molecule has 1 aromatic carbocycles. The molecule has 1 atom stereocenters. The lowest BCUT2D eigenvalue weighted by atomic mass is 10.2. The van der Waals surface area contributed by atoms with Crippen molar-refractivity contribution < 1.29 is 9.53 Å². The number of carbonyl (C=O) groups excluding carboxylic acids is 1. The normalized spacial score (nSPS) is 11.9. The highest BCUT2D eigenvalue weighted by Crippen LogP contribution is 2.28. The Morgan fingerprint density at radius 2 is 2.14 bits per heavy atom. The fraction of sp³-hybridized carbons (Fsp3) is 0.308. The van der Waals surface area contributed by atoms with Gasteiger partial charge in [0.2, 0.25) is 11.0 Å². The van der Waals surface area contributed by atoms with Gasteiger partial charge in [0.05, 0.1) is 12.4 Å². The quantitative estimate of drug-likeness (QED) is 0.758. The van der Waals surface area contributed by atoms with Crippen LogP contribution in [0.3, 0.4) is 0 Å². The van der Waals surface area contributed by atoms with Gasteiger partial charge in [-0.15, -0.1) is 10.2 Å². The molecule has 0 aliphatic heterocycles. The zero-order valence-electron chi connectivity index (χ0n) is 11.7. The number of nitrogens with two attached hydrogens (primary N) is 1. The Bertz CT molecular complexity index is 600. The summed E-state index contributed by atoms with van der Waals surface area (Å²) < 4.78 is 5.83. The standard InChI is InChI=1S/C13H16N4O2S2/c1-8(11(14)18)20-13-17-16-12(21-13)15-7-9-3-5-10(19-2)6-4-9/h3-6,8H,7H2,1-2H3,(H2,14,18)(H,15,16)/t8-/m1/s1. The predicted molar refractivity (Wildman–Crippen MR) is 84.7 cm³/mol. The largest absolute Gasteiger partial charge is 0.497 e. The molecular formula is C13H16N4O2S2. The monoisotopic (exact) mass is 324 g/mol. The Hall–Kier alpha value is -1.80. The minimum atomic E-state index is -0.358. The Balaban J connectivity index is 1.88. The molecule has 1 amide bonds. The highest BCUT2D eigenvalue weighted by Gasteiger charge is 2.14. The van der Waals surface area contributed by atoms with E-state index in [1.165, 1.54) is 23.1 Å². The number of primary amides is 1. The van der Waals surface area contributed by atoms with Crippen LogP contribution in [0.5, 0.6) is 5.75 Å². The molecule has 0 saturated heterocycles. The van der Waals surface area contributed by atoms with Crippen LogP contribution in [0.25, 0.3) is 0 Å². The maximum absolute atomic E-state index is 11.0. The highest BCUT2D eigenvalue weighted by atomic mass is 32.2. The van der Waals surface area contributed by atoms with Crippen molar-refractivity contribution >= 4 is 34.1 Å². The zero-order chi connectivity index (χ0) is 15.2. The van der Waals surface area contributed by atoms with E-state index >= 15 is 0 Å². The lowest BCUT2D eigenvalue weighted by molar-refractivity contribution is -0.117. The smallest absolute Gasteiger partial charge is 0.230 e. The molecule has 1 heterocycles. The molecule has 0 aliphatic carbocycles. The minimum Gasteiger partial charge on any atom is -0.497 e. The number of thioether (sulfide) groups is 1. The summed E-state index contributed by atoms with van der Waals surface area (Å²) in [4.78, 5) is 11.0.